The van der Waals surface area contributed by atoms with Gasteiger partial charge in [0.2, 0.25) is 0 Å². The lowest BCUT2D eigenvalue weighted by molar-refractivity contribution is 0.187. The van der Waals surface area contributed by atoms with Crippen molar-refractivity contribution >= 4 is 6.02 Å². The van der Waals surface area contributed by atoms with Crippen molar-refractivity contribution in [2.45, 2.75) is 26.1 Å². The van der Waals surface area contributed by atoms with Crippen LogP contribution in [-0.2, 0) is 4.74 Å². The fourth-order valence-electron chi connectivity index (χ4n) is 0.809. The van der Waals surface area contributed by atoms with E-state index in [1.54, 1.807) is 6.92 Å². The van der Waals surface area contributed by atoms with Gasteiger partial charge in [-0.25, -0.2) is 4.99 Å². The summed E-state index contributed by atoms with van der Waals surface area (Å²) in [5.74, 6) is 0. The average molecular weight is 158 g/mol. The lowest BCUT2D eigenvalue weighted by Crippen LogP contribution is -2.31. The van der Waals surface area contributed by atoms with E-state index in [0.717, 1.165) is 0 Å². The first-order valence-corrected chi connectivity index (χ1v) is 3.81. The van der Waals surface area contributed by atoms with E-state index >= 15 is 0 Å². The van der Waals surface area contributed by atoms with Crippen molar-refractivity contribution in [1.82, 2.24) is 5.32 Å². The molecule has 4 nitrogen and oxygen atoms in total. The van der Waals surface area contributed by atoms with Gasteiger partial charge in [0, 0.05) is 6.54 Å². The quantitative estimate of drug-likeness (QED) is 0.581. The highest BCUT2D eigenvalue weighted by molar-refractivity contribution is 5.75. The maximum Gasteiger partial charge on any atom is 0.285 e. The van der Waals surface area contributed by atoms with Crippen molar-refractivity contribution in [2.24, 2.45) is 4.99 Å². The first-order valence-electron chi connectivity index (χ1n) is 3.81. The predicted molar refractivity (Wildman–Crippen MR) is 42.5 cm³/mol. The Labute approximate surface area is 66.3 Å². The van der Waals surface area contributed by atoms with Crippen LogP contribution in [0, 0.1) is 0 Å². The number of aliphatic hydroxyl groups is 1. The zero-order valence-corrected chi connectivity index (χ0v) is 6.87. The van der Waals surface area contributed by atoms with Gasteiger partial charge < -0.3 is 15.2 Å². The van der Waals surface area contributed by atoms with Crippen LogP contribution in [0.5, 0.6) is 0 Å². The van der Waals surface area contributed by atoms with E-state index in [1.165, 1.54) is 0 Å². The second kappa shape index (κ2) is 3.57. The molecule has 1 heterocycles. The fourth-order valence-corrected chi connectivity index (χ4v) is 0.809. The van der Waals surface area contributed by atoms with Gasteiger partial charge in [0.1, 0.15) is 6.10 Å². The minimum absolute atomic E-state index is 0.173. The molecule has 64 valence electrons. The number of nitrogens with zero attached hydrogens (tertiary/aromatic N) is 1. The number of aliphatic hydroxyl groups excluding tert-OH is 1. The highest BCUT2D eigenvalue weighted by Gasteiger charge is 2.14. The van der Waals surface area contributed by atoms with Crippen molar-refractivity contribution < 1.29 is 9.84 Å². The molecule has 0 radical (unpaired) electrons. The summed E-state index contributed by atoms with van der Waals surface area (Å²) >= 11 is 0. The molecule has 0 spiro atoms. The molecule has 0 aromatic rings. The fraction of sp³-hybridized carbons (Fsp3) is 0.857. The second-order valence-corrected chi connectivity index (χ2v) is 2.80. The summed E-state index contributed by atoms with van der Waals surface area (Å²) in [5.41, 5.74) is 0. The van der Waals surface area contributed by atoms with Gasteiger partial charge in [-0.05, 0) is 13.8 Å². The predicted octanol–water partition coefficient (Wildman–Crippen LogP) is -0.268. The Morgan fingerprint density at radius 2 is 2.64 bits per heavy atom. The molecule has 2 N–H and O–H groups in total. The van der Waals surface area contributed by atoms with Gasteiger partial charge in [-0.2, -0.15) is 0 Å². The number of amidine groups is 1. The summed E-state index contributed by atoms with van der Waals surface area (Å²) in [6.45, 7) is 4.88. The van der Waals surface area contributed by atoms with Gasteiger partial charge in [-0.3, -0.25) is 0 Å². The van der Waals surface area contributed by atoms with Crippen molar-refractivity contribution in [3.8, 4) is 0 Å². The first kappa shape index (κ1) is 8.33. The number of ether oxygens (including phenoxy) is 1. The van der Waals surface area contributed by atoms with Crippen LogP contribution in [0.1, 0.15) is 13.8 Å². The molecule has 0 fully saturated rings. The number of rotatable bonds is 2. The van der Waals surface area contributed by atoms with Gasteiger partial charge in [-0.1, -0.05) is 0 Å². The molecule has 0 aromatic heterocycles. The molecule has 0 aliphatic carbocycles. The molecule has 0 aromatic carbocycles. The van der Waals surface area contributed by atoms with Crippen LogP contribution >= 0.6 is 0 Å². The Kier molecular flexibility index (Phi) is 2.70. The molecule has 0 bridgehead atoms. The van der Waals surface area contributed by atoms with Gasteiger partial charge in [0.25, 0.3) is 6.02 Å². The molecule has 1 rings (SSSR count). The maximum atomic E-state index is 8.91. The zero-order chi connectivity index (χ0) is 8.27. The van der Waals surface area contributed by atoms with Crippen LogP contribution in [0.15, 0.2) is 4.99 Å². The Bertz CT molecular complexity index is 157. The number of aliphatic imine (C=N–C) groups is 1. The van der Waals surface area contributed by atoms with Crippen LogP contribution in [-0.4, -0.2) is 36.4 Å². The molecule has 0 amide bonds. The van der Waals surface area contributed by atoms with Crippen molar-refractivity contribution in [3.05, 3.63) is 0 Å². The molecular weight excluding hydrogens is 144 g/mol. The van der Waals surface area contributed by atoms with Crippen molar-refractivity contribution in [2.75, 3.05) is 13.1 Å². The van der Waals surface area contributed by atoms with E-state index in [-0.39, 0.29) is 12.2 Å². The molecule has 1 aliphatic rings. The van der Waals surface area contributed by atoms with Gasteiger partial charge in [0.05, 0.1) is 12.6 Å². The highest BCUT2D eigenvalue weighted by atomic mass is 16.5. The topological polar surface area (TPSA) is 53.8 Å². The highest BCUT2D eigenvalue weighted by Crippen LogP contribution is 2.00. The molecule has 4 heteroatoms. The van der Waals surface area contributed by atoms with Crippen molar-refractivity contribution in [3.63, 3.8) is 0 Å². The van der Waals surface area contributed by atoms with E-state index in [4.69, 9.17) is 9.84 Å². The monoisotopic (exact) mass is 158 g/mol. The molecule has 0 saturated carbocycles. The van der Waals surface area contributed by atoms with E-state index in [9.17, 15) is 0 Å². The summed E-state index contributed by atoms with van der Waals surface area (Å²) in [6.07, 6.45) is -0.191. The molecule has 2 atom stereocenters. The lowest BCUT2D eigenvalue weighted by atomic mass is 10.4. The Balaban J connectivity index is 2.18. The van der Waals surface area contributed by atoms with Crippen molar-refractivity contribution in [1.29, 1.82) is 0 Å². The Morgan fingerprint density at radius 3 is 3.09 bits per heavy atom. The SMILES string of the molecule is CC(O)CNC1=NCC(C)O1. The van der Waals surface area contributed by atoms with Crippen LogP contribution < -0.4 is 5.32 Å². The third-order valence-corrected chi connectivity index (χ3v) is 1.35. The minimum Gasteiger partial charge on any atom is -0.460 e. The average Bonchev–Trinajstić information content (AvgIpc) is 2.31. The summed E-state index contributed by atoms with van der Waals surface area (Å²) in [5, 5.41) is 11.8. The van der Waals surface area contributed by atoms with E-state index < -0.39 is 0 Å². The molecule has 2 unspecified atom stereocenters. The number of hydrogen-bond donors (Lipinski definition) is 2. The lowest BCUT2D eigenvalue weighted by Gasteiger charge is -2.08. The standard InChI is InChI=1S/C7H14N2O2/c1-5(10)3-8-7-9-4-6(2)11-7/h5-6,10H,3-4H2,1-2H3,(H,8,9). The zero-order valence-electron chi connectivity index (χ0n) is 6.87. The first-order chi connectivity index (χ1) is 5.18. The second-order valence-electron chi connectivity index (χ2n) is 2.80. The van der Waals surface area contributed by atoms with Crippen LogP contribution in [0.4, 0.5) is 0 Å². The van der Waals surface area contributed by atoms with Crippen LogP contribution in [0.3, 0.4) is 0 Å². The van der Waals surface area contributed by atoms with Crippen LogP contribution in [0.2, 0.25) is 0 Å². The third kappa shape index (κ3) is 2.76. The number of hydrogen-bond acceptors (Lipinski definition) is 4. The van der Waals surface area contributed by atoms with Gasteiger partial charge in [0.15, 0.2) is 0 Å². The minimum atomic E-state index is -0.364. The summed E-state index contributed by atoms with van der Waals surface area (Å²) in [6, 6.07) is 0.554. The summed E-state index contributed by atoms with van der Waals surface area (Å²) < 4.78 is 5.24. The summed E-state index contributed by atoms with van der Waals surface area (Å²) in [7, 11) is 0. The van der Waals surface area contributed by atoms with E-state index in [1.807, 2.05) is 6.92 Å². The number of nitrogens with one attached hydrogen (secondary N) is 1. The largest absolute Gasteiger partial charge is 0.460 e. The normalized spacial score (nSPS) is 25.7. The summed E-state index contributed by atoms with van der Waals surface area (Å²) in [4.78, 5) is 4.06. The Morgan fingerprint density at radius 1 is 1.91 bits per heavy atom. The smallest absolute Gasteiger partial charge is 0.285 e. The molecule has 0 saturated heterocycles. The molecule has 1 aliphatic heterocycles. The van der Waals surface area contributed by atoms with Crippen LogP contribution in [0.25, 0.3) is 0 Å². The Hall–Kier alpha value is -0.770. The molecular formula is C7H14N2O2. The van der Waals surface area contributed by atoms with E-state index in [0.29, 0.717) is 19.1 Å². The van der Waals surface area contributed by atoms with Gasteiger partial charge >= 0.3 is 0 Å². The maximum absolute atomic E-state index is 8.91. The third-order valence-electron chi connectivity index (χ3n) is 1.35. The van der Waals surface area contributed by atoms with E-state index in [2.05, 4.69) is 10.3 Å². The molecule has 11 heavy (non-hydrogen) atoms. The van der Waals surface area contributed by atoms with Gasteiger partial charge in [-0.15, -0.1) is 0 Å².